The van der Waals surface area contributed by atoms with Gasteiger partial charge in [0.05, 0.1) is 43.9 Å². The van der Waals surface area contributed by atoms with Crippen molar-refractivity contribution in [1.29, 1.82) is 0 Å². The fraction of sp³-hybridized carbons (Fsp3) is 0.316. The van der Waals surface area contributed by atoms with Crippen LogP contribution in [-0.2, 0) is 16.1 Å². The van der Waals surface area contributed by atoms with Crippen molar-refractivity contribution in [2.24, 2.45) is 0 Å². The third-order valence-electron chi connectivity index (χ3n) is 4.44. The smallest absolute Gasteiger partial charge is 0.229 e. The maximum Gasteiger partial charge on any atom is 0.229 e. The molecule has 0 bridgehead atoms. The van der Waals surface area contributed by atoms with Crippen molar-refractivity contribution >= 4 is 29.1 Å². The molecule has 4 rings (SSSR count). The lowest BCUT2D eigenvalue weighted by Crippen LogP contribution is -2.23. The van der Waals surface area contributed by atoms with Gasteiger partial charge in [-0.15, -0.1) is 0 Å². The molecule has 1 unspecified atom stereocenters. The van der Waals surface area contributed by atoms with Gasteiger partial charge in [0.15, 0.2) is 5.82 Å². The number of nitrogens with one attached hydrogen (secondary N) is 1. The highest BCUT2D eigenvalue weighted by Crippen LogP contribution is 2.37. The van der Waals surface area contributed by atoms with Crippen LogP contribution in [0.3, 0.4) is 0 Å². The molecule has 1 aliphatic rings. The Balaban J connectivity index is 1.54. The Morgan fingerprint density at radius 1 is 1.29 bits per heavy atom. The number of hydrogen-bond acceptors (Lipinski definition) is 7. The summed E-state index contributed by atoms with van der Waals surface area (Å²) in [4.78, 5) is 14.7. The normalized spacial score (nSPS) is 16.5. The summed E-state index contributed by atoms with van der Waals surface area (Å²) in [5.74, 6) is 0.963. The van der Waals surface area contributed by atoms with E-state index in [4.69, 9.17) is 21.2 Å². The van der Waals surface area contributed by atoms with E-state index in [1.165, 1.54) is 0 Å². The first kappa shape index (κ1) is 18.7. The van der Waals surface area contributed by atoms with Crippen molar-refractivity contribution in [3.63, 3.8) is 0 Å². The van der Waals surface area contributed by atoms with E-state index in [0.717, 1.165) is 17.7 Å². The van der Waals surface area contributed by atoms with Gasteiger partial charge in [0, 0.05) is 19.7 Å². The van der Waals surface area contributed by atoms with E-state index in [-0.39, 0.29) is 6.04 Å². The molecular formula is C19H21ClN6O2. The third kappa shape index (κ3) is 4.09. The minimum Gasteiger partial charge on any atom is -0.383 e. The molecule has 9 heteroatoms. The predicted molar refractivity (Wildman–Crippen MR) is 107 cm³/mol. The van der Waals surface area contributed by atoms with Crippen LogP contribution in [0.15, 0.2) is 48.9 Å². The molecule has 0 radical (unpaired) electrons. The second-order valence-corrected chi connectivity index (χ2v) is 6.76. The van der Waals surface area contributed by atoms with Crippen LogP contribution in [0.1, 0.15) is 18.0 Å². The summed E-state index contributed by atoms with van der Waals surface area (Å²) in [6, 6.07) is 10.2. The molecule has 28 heavy (non-hydrogen) atoms. The number of ether oxygens (including phenoxy) is 1. The van der Waals surface area contributed by atoms with E-state index >= 15 is 0 Å². The molecule has 0 aliphatic carbocycles. The largest absolute Gasteiger partial charge is 0.383 e. The molecule has 146 valence electrons. The lowest BCUT2D eigenvalue weighted by molar-refractivity contribution is 0.157. The van der Waals surface area contributed by atoms with Crippen molar-refractivity contribution in [3.05, 3.63) is 59.5 Å². The molecule has 3 aromatic rings. The Labute approximate surface area is 168 Å². The number of aromatic nitrogens is 4. The highest BCUT2D eigenvalue weighted by atomic mass is 35.5. The summed E-state index contributed by atoms with van der Waals surface area (Å²) in [5.41, 5.74) is 1.94. The van der Waals surface area contributed by atoms with Gasteiger partial charge in [-0.3, -0.25) is 9.52 Å². The summed E-state index contributed by atoms with van der Waals surface area (Å²) in [6.07, 6.45) is 6.02. The molecule has 0 amide bonds. The Morgan fingerprint density at radius 3 is 2.96 bits per heavy atom. The molecule has 1 N–H and O–H groups in total. The summed E-state index contributed by atoms with van der Waals surface area (Å²) in [7, 11) is 1.66. The van der Waals surface area contributed by atoms with E-state index < -0.39 is 0 Å². The molecular weight excluding hydrogens is 380 g/mol. The molecule has 1 atom stereocenters. The molecule has 1 aliphatic heterocycles. The van der Waals surface area contributed by atoms with Crippen LogP contribution in [0.25, 0.3) is 0 Å². The Morgan fingerprint density at radius 2 is 2.14 bits per heavy atom. The van der Waals surface area contributed by atoms with Crippen molar-refractivity contribution in [2.75, 3.05) is 30.7 Å². The van der Waals surface area contributed by atoms with E-state index in [2.05, 4.69) is 32.5 Å². The molecule has 1 fully saturated rings. The van der Waals surface area contributed by atoms with Gasteiger partial charge in [0.1, 0.15) is 5.02 Å². The second kappa shape index (κ2) is 8.55. The first-order chi connectivity index (χ1) is 13.7. The highest BCUT2D eigenvalue weighted by Gasteiger charge is 2.30. The molecule has 2 aromatic heterocycles. The van der Waals surface area contributed by atoms with Crippen molar-refractivity contribution < 1.29 is 9.57 Å². The van der Waals surface area contributed by atoms with Crippen LogP contribution in [0, 0.1) is 0 Å². The maximum atomic E-state index is 6.39. The van der Waals surface area contributed by atoms with Crippen LogP contribution in [0.4, 0.5) is 17.5 Å². The highest BCUT2D eigenvalue weighted by molar-refractivity contribution is 6.32. The van der Waals surface area contributed by atoms with Gasteiger partial charge in [-0.25, -0.2) is 10.0 Å². The van der Waals surface area contributed by atoms with Gasteiger partial charge in [-0.05, 0) is 5.56 Å². The van der Waals surface area contributed by atoms with E-state index in [0.29, 0.717) is 36.5 Å². The van der Waals surface area contributed by atoms with Gasteiger partial charge in [0.25, 0.3) is 0 Å². The zero-order valence-electron chi connectivity index (χ0n) is 15.5. The second-order valence-electron chi connectivity index (χ2n) is 6.35. The van der Waals surface area contributed by atoms with Crippen LogP contribution in [0.2, 0.25) is 5.02 Å². The topological polar surface area (TPSA) is 77.3 Å². The first-order valence-corrected chi connectivity index (χ1v) is 9.40. The van der Waals surface area contributed by atoms with Crippen LogP contribution < -0.4 is 10.4 Å². The van der Waals surface area contributed by atoms with E-state index in [1.807, 2.05) is 24.4 Å². The molecule has 0 saturated carbocycles. The maximum absolute atomic E-state index is 6.39. The lowest BCUT2D eigenvalue weighted by atomic mass is 10.0. The molecule has 1 saturated heterocycles. The molecule has 1 aromatic carbocycles. The number of nitrogens with zero attached hydrogens (tertiary/aromatic N) is 5. The van der Waals surface area contributed by atoms with Gasteiger partial charge >= 0.3 is 0 Å². The quantitative estimate of drug-likeness (QED) is 0.649. The number of hydrogen-bond donors (Lipinski definition) is 1. The van der Waals surface area contributed by atoms with E-state index in [1.54, 1.807) is 29.2 Å². The zero-order chi connectivity index (χ0) is 19.3. The first-order valence-electron chi connectivity index (χ1n) is 9.02. The lowest BCUT2D eigenvalue weighted by Gasteiger charge is -2.24. The molecule has 0 spiro atoms. The standard InChI is InChI=1S/C19H21ClN6O2/c1-27-10-8-25-13-15(11-22-25)23-19-21-12-16(20)18(24-19)26-17(7-9-28-26)14-5-3-2-4-6-14/h2-6,11-13,17H,7-10H2,1H3,(H,21,23,24). The summed E-state index contributed by atoms with van der Waals surface area (Å²) >= 11 is 6.39. The summed E-state index contributed by atoms with van der Waals surface area (Å²) in [5, 5.41) is 9.64. The minimum atomic E-state index is 0.0539. The third-order valence-corrected chi connectivity index (χ3v) is 4.70. The van der Waals surface area contributed by atoms with Gasteiger partial charge in [-0.2, -0.15) is 10.1 Å². The SMILES string of the molecule is COCCn1cc(Nc2ncc(Cl)c(N3OCCC3c3ccccc3)n2)cn1. The van der Waals surface area contributed by atoms with Crippen LogP contribution >= 0.6 is 11.6 Å². The van der Waals surface area contributed by atoms with Gasteiger partial charge in [-0.1, -0.05) is 41.9 Å². The number of halogens is 1. The Bertz CT molecular complexity index is 920. The minimum absolute atomic E-state index is 0.0539. The van der Waals surface area contributed by atoms with Crippen LogP contribution in [-0.4, -0.2) is 40.1 Å². The molecule has 3 heterocycles. The number of anilines is 3. The summed E-state index contributed by atoms with van der Waals surface area (Å²) < 4.78 is 6.86. The van der Waals surface area contributed by atoms with Crippen molar-refractivity contribution in [2.45, 2.75) is 19.0 Å². The summed E-state index contributed by atoms with van der Waals surface area (Å²) in [6.45, 7) is 1.87. The zero-order valence-corrected chi connectivity index (χ0v) is 16.2. The number of rotatable bonds is 7. The predicted octanol–water partition coefficient (Wildman–Crippen LogP) is 3.60. The fourth-order valence-electron chi connectivity index (χ4n) is 3.09. The van der Waals surface area contributed by atoms with Crippen LogP contribution in [0.5, 0.6) is 0 Å². The van der Waals surface area contributed by atoms with Gasteiger partial charge in [0.2, 0.25) is 5.95 Å². The Hall–Kier alpha value is -2.68. The molecule has 8 nitrogen and oxygen atoms in total. The van der Waals surface area contributed by atoms with Crippen molar-refractivity contribution in [1.82, 2.24) is 19.7 Å². The number of benzene rings is 1. The average molecular weight is 401 g/mol. The van der Waals surface area contributed by atoms with Gasteiger partial charge < -0.3 is 10.1 Å². The number of hydroxylamine groups is 1. The van der Waals surface area contributed by atoms with Crippen molar-refractivity contribution in [3.8, 4) is 0 Å². The monoisotopic (exact) mass is 400 g/mol. The number of methoxy groups -OCH3 is 1. The fourth-order valence-corrected chi connectivity index (χ4v) is 3.27. The average Bonchev–Trinajstić information content (AvgIpc) is 3.38. The van der Waals surface area contributed by atoms with E-state index in [9.17, 15) is 0 Å². The Kier molecular flexibility index (Phi) is 5.70.